The number of nitrogens with two attached hydrogens (primary N) is 1. The third-order valence-corrected chi connectivity index (χ3v) is 1.18. The molecule has 2 N–H and O–H groups in total. The quantitative estimate of drug-likeness (QED) is 0.677. The molecular formula is C8H11N3. The fraction of sp³-hybridized carbons (Fsp3) is 0.250. The van der Waals surface area contributed by atoms with Gasteiger partial charge in [0.25, 0.3) is 0 Å². The average Bonchev–Trinajstić information content (AvgIpc) is 2.03. The van der Waals surface area contributed by atoms with Crippen molar-refractivity contribution in [2.45, 2.75) is 13.0 Å². The van der Waals surface area contributed by atoms with E-state index in [1.54, 1.807) is 6.20 Å². The molecule has 1 unspecified atom stereocenters. The Bertz CT molecular complexity index is 228. The van der Waals surface area contributed by atoms with E-state index in [0.717, 1.165) is 5.69 Å². The number of nitrogens with zero attached hydrogens (tertiary/aromatic N) is 2. The maximum Gasteiger partial charge on any atom is 0.115 e. The van der Waals surface area contributed by atoms with Gasteiger partial charge in [-0.3, -0.25) is 0 Å². The zero-order valence-electron chi connectivity index (χ0n) is 6.44. The average molecular weight is 149 g/mol. The van der Waals surface area contributed by atoms with Crippen LogP contribution in [0.5, 0.6) is 0 Å². The molecule has 1 aromatic heterocycles. The van der Waals surface area contributed by atoms with Gasteiger partial charge in [-0.2, -0.15) is 0 Å². The van der Waals surface area contributed by atoms with Crippen molar-refractivity contribution in [3.63, 3.8) is 0 Å². The van der Waals surface area contributed by atoms with Crippen LogP contribution in [0.2, 0.25) is 0 Å². The first-order valence-corrected chi connectivity index (χ1v) is 3.49. The highest BCUT2D eigenvalue weighted by Crippen LogP contribution is 1.94. The van der Waals surface area contributed by atoms with Gasteiger partial charge in [-0.25, -0.2) is 9.97 Å². The van der Waals surface area contributed by atoms with Crippen LogP contribution < -0.4 is 5.73 Å². The molecule has 1 atom stereocenters. The van der Waals surface area contributed by atoms with E-state index in [-0.39, 0.29) is 6.04 Å². The molecule has 0 aliphatic rings. The summed E-state index contributed by atoms with van der Waals surface area (Å²) in [7, 11) is 0. The van der Waals surface area contributed by atoms with Crippen LogP contribution in [0.4, 0.5) is 0 Å². The lowest BCUT2D eigenvalue weighted by molar-refractivity contribution is 0.930. The zero-order valence-corrected chi connectivity index (χ0v) is 6.44. The molecule has 0 bridgehead atoms. The van der Waals surface area contributed by atoms with Crippen LogP contribution in [0.15, 0.2) is 24.7 Å². The molecule has 0 aromatic carbocycles. The Morgan fingerprint density at radius 1 is 1.64 bits per heavy atom. The Hall–Kier alpha value is -1.22. The highest BCUT2D eigenvalue weighted by Gasteiger charge is 1.86. The molecule has 1 rings (SSSR count). The first kappa shape index (κ1) is 7.88. The third kappa shape index (κ3) is 2.91. The Kier molecular flexibility index (Phi) is 2.74. The Morgan fingerprint density at radius 2 is 2.45 bits per heavy atom. The molecule has 0 radical (unpaired) electrons. The van der Waals surface area contributed by atoms with Gasteiger partial charge >= 0.3 is 0 Å². The molecule has 58 valence electrons. The summed E-state index contributed by atoms with van der Waals surface area (Å²) in [5, 5.41) is 0. The van der Waals surface area contributed by atoms with Crippen LogP contribution in [-0.2, 0) is 0 Å². The highest BCUT2D eigenvalue weighted by molar-refractivity contribution is 5.43. The van der Waals surface area contributed by atoms with Gasteiger partial charge in [0.15, 0.2) is 0 Å². The Balaban J connectivity index is 2.65. The molecule has 3 nitrogen and oxygen atoms in total. The second-order valence-electron chi connectivity index (χ2n) is 2.35. The molecule has 3 heteroatoms. The summed E-state index contributed by atoms with van der Waals surface area (Å²) in [4.78, 5) is 7.79. The van der Waals surface area contributed by atoms with E-state index in [1.807, 2.05) is 25.1 Å². The van der Waals surface area contributed by atoms with E-state index < -0.39 is 0 Å². The molecule has 0 amide bonds. The van der Waals surface area contributed by atoms with E-state index in [0.29, 0.717) is 0 Å². The fourth-order valence-electron chi connectivity index (χ4n) is 0.650. The van der Waals surface area contributed by atoms with Crippen LogP contribution in [-0.4, -0.2) is 16.0 Å². The molecule has 0 saturated carbocycles. The highest BCUT2D eigenvalue weighted by atomic mass is 14.8. The van der Waals surface area contributed by atoms with Crippen molar-refractivity contribution in [3.05, 3.63) is 30.4 Å². The predicted molar refractivity (Wildman–Crippen MR) is 44.7 cm³/mol. The van der Waals surface area contributed by atoms with Gasteiger partial charge < -0.3 is 5.73 Å². The van der Waals surface area contributed by atoms with Gasteiger partial charge in [0.05, 0.1) is 5.69 Å². The lowest BCUT2D eigenvalue weighted by Crippen LogP contribution is -2.09. The van der Waals surface area contributed by atoms with Crippen molar-refractivity contribution in [3.8, 4) is 0 Å². The van der Waals surface area contributed by atoms with Crippen LogP contribution in [0.25, 0.3) is 6.08 Å². The van der Waals surface area contributed by atoms with Crippen molar-refractivity contribution < 1.29 is 0 Å². The number of hydrogen-bond donors (Lipinski definition) is 1. The maximum absolute atomic E-state index is 5.51. The first-order valence-electron chi connectivity index (χ1n) is 3.49. The SMILES string of the molecule is CC(N)/C=C/c1ccncn1. The molecular weight excluding hydrogens is 138 g/mol. The second-order valence-corrected chi connectivity index (χ2v) is 2.35. The smallest absolute Gasteiger partial charge is 0.115 e. The van der Waals surface area contributed by atoms with Gasteiger partial charge in [-0.1, -0.05) is 6.08 Å². The number of rotatable bonds is 2. The molecule has 0 saturated heterocycles. The monoisotopic (exact) mass is 149 g/mol. The summed E-state index contributed by atoms with van der Waals surface area (Å²) in [5.41, 5.74) is 6.40. The van der Waals surface area contributed by atoms with Crippen LogP contribution in [0, 0.1) is 0 Å². The van der Waals surface area contributed by atoms with Crippen molar-refractivity contribution in [2.24, 2.45) is 5.73 Å². The molecule has 0 aliphatic carbocycles. The van der Waals surface area contributed by atoms with Gasteiger partial charge in [0.1, 0.15) is 6.33 Å². The number of aromatic nitrogens is 2. The molecule has 0 fully saturated rings. The normalized spacial score (nSPS) is 13.6. The minimum Gasteiger partial charge on any atom is -0.325 e. The first-order chi connectivity index (χ1) is 5.29. The van der Waals surface area contributed by atoms with E-state index in [1.165, 1.54) is 6.33 Å². The maximum atomic E-state index is 5.51. The summed E-state index contributed by atoms with van der Waals surface area (Å²) in [6.45, 7) is 1.91. The largest absolute Gasteiger partial charge is 0.325 e. The molecule has 0 spiro atoms. The lowest BCUT2D eigenvalue weighted by Gasteiger charge is -1.93. The van der Waals surface area contributed by atoms with E-state index in [4.69, 9.17) is 5.73 Å². The van der Waals surface area contributed by atoms with Crippen molar-refractivity contribution in [1.29, 1.82) is 0 Å². The topological polar surface area (TPSA) is 51.8 Å². The molecule has 11 heavy (non-hydrogen) atoms. The van der Waals surface area contributed by atoms with Crippen LogP contribution >= 0.6 is 0 Å². The minimum absolute atomic E-state index is 0.0740. The standard InChI is InChI=1S/C8H11N3/c1-7(9)2-3-8-4-5-10-6-11-8/h2-7H,9H2,1H3/b3-2+. The van der Waals surface area contributed by atoms with Crippen molar-refractivity contribution in [2.75, 3.05) is 0 Å². The summed E-state index contributed by atoms with van der Waals surface area (Å²) < 4.78 is 0. The summed E-state index contributed by atoms with van der Waals surface area (Å²) in [6, 6.07) is 1.91. The van der Waals surface area contributed by atoms with Crippen molar-refractivity contribution in [1.82, 2.24) is 9.97 Å². The zero-order chi connectivity index (χ0) is 8.10. The number of hydrogen-bond acceptors (Lipinski definition) is 3. The third-order valence-electron chi connectivity index (χ3n) is 1.18. The predicted octanol–water partition coefficient (Wildman–Crippen LogP) is 0.837. The van der Waals surface area contributed by atoms with E-state index in [9.17, 15) is 0 Å². The van der Waals surface area contributed by atoms with Gasteiger partial charge in [-0.05, 0) is 19.1 Å². The van der Waals surface area contributed by atoms with E-state index >= 15 is 0 Å². The van der Waals surface area contributed by atoms with Crippen molar-refractivity contribution >= 4 is 6.08 Å². The Labute approximate surface area is 66.0 Å². The molecule has 0 aliphatic heterocycles. The molecule has 1 aromatic rings. The summed E-state index contributed by atoms with van der Waals surface area (Å²) in [5.74, 6) is 0. The second kappa shape index (κ2) is 3.83. The van der Waals surface area contributed by atoms with Gasteiger partial charge in [0, 0.05) is 12.2 Å². The van der Waals surface area contributed by atoms with E-state index in [2.05, 4.69) is 9.97 Å². The van der Waals surface area contributed by atoms with Crippen LogP contribution in [0.1, 0.15) is 12.6 Å². The van der Waals surface area contributed by atoms with Gasteiger partial charge in [-0.15, -0.1) is 0 Å². The lowest BCUT2D eigenvalue weighted by atomic mass is 10.3. The van der Waals surface area contributed by atoms with Gasteiger partial charge in [0.2, 0.25) is 0 Å². The fourth-order valence-corrected chi connectivity index (χ4v) is 0.650. The Morgan fingerprint density at radius 3 is 3.00 bits per heavy atom. The van der Waals surface area contributed by atoms with Crippen LogP contribution in [0.3, 0.4) is 0 Å². The summed E-state index contributed by atoms with van der Waals surface area (Å²) in [6.07, 6.45) is 6.99. The minimum atomic E-state index is 0.0740. The molecule has 1 heterocycles. The summed E-state index contributed by atoms with van der Waals surface area (Å²) >= 11 is 0.